The van der Waals surface area contributed by atoms with Crippen LogP contribution in [0.1, 0.15) is 60.8 Å². The molecular weight excluding hydrogens is 212 g/mol. The van der Waals surface area contributed by atoms with Crippen LogP contribution in [-0.4, -0.2) is 12.1 Å². The van der Waals surface area contributed by atoms with Gasteiger partial charge in [0, 0.05) is 0 Å². The van der Waals surface area contributed by atoms with E-state index in [2.05, 4.69) is 20.8 Å². The summed E-state index contributed by atoms with van der Waals surface area (Å²) in [5.41, 5.74) is -0.387. The van der Waals surface area contributed by atoms with Crippen molar-refractivity contribution in [2.45, 2.75) is 66.9 Å². The first-order chi connectivity index (χ1) is 7.71. The van der Waals surface area contributed by atoms with Gasteiger partial charge in [0.2, 0.25) is 0 Å². The molecule has 1 aliphatic rings. The molecule has 1 aliphatic carbocycles. The van der Waals surface area contributed by atoms with Gasteiger partial charge in [-0.3, -0.25) is 4.79 Å². The van der Waals surface area contributed by atoms with E-state index < -0.39 is 0 Å². The molecule has 0 N–H and O–H groups in total. The lowest BCUT2D eigenvalue weighted by Gasteiger charge is -2.37. The van der Waals surface area contributed by atoms with Crippen molar-refractivity contribution in [1.82, 2.24) is 0 Å². The fourth-order valence-electron chi connectivity index (χ4n) is 2.56. The van der Waals surface area contributed by atoms with E-state index in [0.717, 1.165) is 6.42 Å². The van der Waals surface area contributed by atoms with Crippen LogP contribution in [0.5, 0.6) is 0 Å². The lowest BCUT2D eigenvalue weighted by molar-refractivity contribution is -0.165. The Morgan fingerprint density at radius 3 is 2.29 bits per heavy atom. The van der Waals surface area contributed by atoms with Gasteiger partial charge < -0.3 is 4.74 Å². The predicted molar refractivity (Wildman–Crippen MR) is 70.7 cm³/mol. The Kier molecular flexibility index (Phi) is 4.62. The summed E-state index contributed by atoms with van der Waals surface area (Å²) in [5.74, 6) is 1.77. The third-order valence-electron chi connectivity index (χ3n) is 3.83. The Morgan fingerprint density at radius 1 is 1.24 bits per heavy atom. The number of hydrogen-bond donors (Lipinski definition) is 0. The number of carbonyl (C=O) groups excluding carboxylic acids is 1. The van der Waals surface area contributed by atoms with Crippen LogP contribution in [0.15, 0.2) is 0 Å². The van der Waals surface area contributed by atoms with Crippen molar-refractivity contribution in [2.75, 3.05) is 0 Å². The van der Waals surface area contributed by atoms with E-state index in [-0.39, 0.29) is 17.5 Å². The summed E-state index contributed by atoms with van der Waals surface area (Å²) >= 11 is 0. The topological polar surface area (TPSA) is 26.3 Å². The number of ether oxygens (including phenoxy) is 1. The fourth-order valence-corrected chi connectivity index (χ4v) is 2.56. The highest BCUT2D eigenvalue weighted by molar-refractivity contribution is 5.75. The van der Waals surface area contributed by atoms with Crippen molar-refractivity contribution < 1.29 is 9.53 Å². The second-order valence-electron chi connectivity index (χ2n) is 7.02. The highest BCUT2D eigenvalue weighted by atomic mass is 16.5. The van der Waals surface area contributed by atoms with Gasteiger partial charge >= 0.3 is 5.97 Å². The molecule has 1 unspecified atom stereocenters. The van der Waals surface area contributed by atoms with E-state index in [9.17, 15) is 4.79 Å². The average Bonchev–Trinajstić information content (AvgIpc) is 2.15. The Bertz CT molecular complexity index is 263. The van der Waals surface area contributed by atoms with Gasteiger partial charge in [-0.05, 0) is 51.4 Å². The Labute approximate surface area is 106 Å². The molecule has 0 heterocycles. The van der Waals surface area contributed by atoms with E-state index in [1.807, 2.05) is 20.8 Å². The SMILES string of the molecule is CC(C)C1CC[C@@H](C)C[C@@H]1OC(=O)C(C)(C)C. The van der Waals surface area contributed by atoms with Gasteiger partial charge in [-0.2, -0.15) is 0 Å². The first-order valence-corrected chi connectivity index (χ1v) is 6.93. The second kappa shape index (κ2) is 5.41. The molecule has 100 valence electrons. The van der Waals surface area contributed by atoms with Gasteiger partial charge in [0.15, 0.2) is 0 Å². The Morgan fingerprint density at radius 2 is 1.82 bits per heavy atom. The molecule has 1 rings (SSSR count). The maximum atomic E-state index is 12.0. The lowest BCUT2D eigenvalue weighted by Crippen LogP contribution is -2.38. The zero-order valence-corrected chi connectivity index (χ0v) is 12.2. The van der Waals surface area contributed by atoms with E-state index in [1.54, 1.807) is 0 Å². The predicted octanol–water partition coefficient (Wildman–Crippen LogP) is 4.04. The molecule has 17 heavy (non-hydrogen) atoms. The van der Waals surface area contributed by atoms with Crippen LogP contribution in [0, 0.1) is 23.2 Å². The molecule has 0 aromatic rings. The van der Waals surface area contributed by atoms with Crippen molar-refractivity contribution in [1.29, 1.82) is 0 Å². The van der Waals surface area contributed by atoms with Crippen LogP contribution in [0.25, 0.3) is 0 Å². The molecule has 0 aliphatic heterocycles. The highest BCUT2D eigenvalue weighted by Crippen LogP contribution is 2.36. The van der Waals surface area contributed by atoms with Gasteiger partial charge in [-0.1, -0.05) is 27.2 Å². The zero-order chi connectivity index (χ0) is 13.2. The molecule has 2 heteroatoms. The van der Waals surface area contributed by atoms with Gasteiger partial charge in [-0.25, -0.2) is 0 Å². The normalized spacial score (nSPS) is 30.4. The molecule has 0 aromatic heterocycles. The van der Waals surface area contributed by atoms with Crippen molar-refractivity contribution in [3.8, 4) is 0 Å². The summed E-state index contributed by atoms with van der Waals surface area (Å²) < 4.78 is 5.76. The van der Waals surface area contributed by atoms with E-state index >= 15 is 0 Å². The van der Waals surface area contributed by atoms with E-state index in [0.29, 0.717) is 17.8 Å². The third-order valence-corrected chi connectivity index (χ3v) is 3.83. The first kappa shape index (κ1) is 14.5. The molecule has 3 atom stereocenters. The second-order valence-corrected chi connectivity index (χ2v) is 7.02. The average molecular weight is 240 g/mol. The number of esters is 1. The van der Waals surface area contributed by atoms with Gasteiger partial charge in [0.05, 0.1) is 5.41 Å². The van der Waals surface area contributed by atoms with E-state index in [1.165, 1.54) is 12.8 Å². The fraction of sp³-hybridized carbons (Fsp3) is 0.933. The third kappa shape index (κ3) is 4.01. The van der Waals surface area contributed by atoms with Crippen LogP contribution in [0.4, 0.5) is 0 Å². The van der Waals surface area contributed by atoms with Crippen LogP contribution in [0.2, 0.25) is 0 Å². The van der Waals surface area contributed by atoms with Crippen molar-refractivity contribution in [3.63, 3.8) is 0 Å². The van der Waals surface area contributed by atoms with Crippen LogP contribution in [-0.2, 0) is 9.53 Å². The Hall–Kier alpha value is -0.530. The van der Waals surface area contributed by atoms with Crippen molar-refractivity contribution >= 4 is 5.97 Å². The maximum Gasteiger partial charge on any atom is 0.311 e. The summed E-state index contributed by atoms with van der Waals surface area (Å²) in [6.45, 7) is 12.5. The summed E-state index contributed by atoms with van der Waals surface area (Å²) in [6, 6.07) is 0. The standard InChI is InChI=1S/C15H28O2/c1-10(2)12-8-7-11(3)9-13(12)17-14(16)15(4,5)6/h10-13H,7-9H2,1-6H3/t11-,12?,13+/m1/s1. The van der Waals surface area contributed by atoms with Gasteiger partial charge in [-0.15, -0.1) is 0 Å². The van der Waals surface area contributed by atoms with Crippen molar-refractivity contribution in [3.05, 3.63) is 0 Å². The molecule has 0 amide bonds. The molecule has 0 radical (unpaired) electrons. The molecule has 2 nitrogen and oxygen atoms in total. The minimum absolute atomic E-state index is 0.0535. The van der Waals surface area contributed by atoms with Crippen LogP contribution >= 0.6 is 0 Å². The van der Waals surface area contributed by atoms with Crippen molar-refractivity contribution in [2.24, 2.45) is 23.2 Å². The molecule has 0 spiro atoms. The molecule has 0 saturated heterocycles. The molecule has 1 fully saturated rings. The first-order valence-electron chi connectivity index (χ1n) is 6.93. The molecule has 1 saturated carbocycles. The Balaban J connectivity index is 2.67. The van der Waals surface area contributed by atoms with Crippen LogP contribution in [0.3, 0.4) is 0 Å². The van der Waals surface area contributed by atoms with E-state index in [4.69, 9.17) is 4.74 Å². The zero-order valence-electron chi connectivity index (χ0n) is 12.2. The minimum Gasteiger partial charge on any atom is -0.462 e. The summed E-state index contributed by atoms with van der Waals surface area (Å²) in [5, 5.41) is 0. The van der Waals surface area contributed by atoms with Gasteiger partial charge in [0.25, 0.3) is 0 Å². The molecule has 0 bridgehead atoms. The van der Waals surface area contributed by atoms with Gasteiger partial charge in [0.1, 0.15) is 6.10 Å². The number of carbonyl (C=O) groups is 1. The quantitative estimate of drug-likeness (QED) is 0.681. The summed E-state index contributed by atoms with van der Waals surface area (Å²) in [6.07, 6.45) is 3.63. The number of hydrogen-bond acceptors (Lipinski definition) is 2. The summed E-state index contributed by atoms with van der Waals surface area (Å²) in [4.78, 5) is 12.0. The number of rotatable bonds is 2. The highest BCUT2D eigenvalue weighted by Gasteiger charge is 2.35. The van der Waals surface area contributed by atoms with Crippen LogP contribution < -0.4 is 0 Å². The minimum atomic E-state index is -0.387. The lowest BCUT2D eigenvalue weighted by atomic mass is 9.75. The smallest absolute Gasteiger partial charge is 0.311 e. The monoisotopic (exact) mass is 240 g/mol. The largest absolute Gasteiger partial charge is 0.462 e. The maximum absolute atomic E-state index is 12.0. The molecule has 0 aromatic carbocycles. The molecular formula is C15H28O2. The summed E-state index contributed by atoms with van der Waals surface area (Å²) in [7, 11) is 0.